The van der Waals surface area contributed by atoms with Crippen LogP contribution < -0.4 is 24.8 Å². The molecular weight excluding hydrogens is 478 g/mol. The zero-order valence-electron chi connectivity index (χ0n) is 18.0. The SMILES string of the molecule is CC(C)C1=Cc2c(-c3ccc(C(C)(C)C)cc3)cccc2[CH]1[Zr+2][Si](C)C.[Cl-].[Cl-]. The summed E-state index contributed by atoms with van der Waals surface area (Å²) in [5, 5.41) is 0. The molecule has 1 aliphatic rings. The van der Waals surface area contributed by atoms with Crippen molar-refractivity contribution in [1.29, 1.82) is 0 Å². The molecule has 1 radical (unpaired) electrons. The van der Waals surface area contributed by atoms with Gasteiger partial charge < -0.3 is 24.8 Å². The molecule has 149 valence electrons. The minimum atomic E-state index is -0.378. The van der Waals surface area contributed by atoms with Crippen LogP contribution in [-0.4, -0.2) is 5.92 Å². The van der Waals surface area contributed by atoms with Crippen LogP contribution in [0, 0.1) is 5.92 Å². The Morgan fingerprint density at radius 2 is 1.54 bits per heavy atom. The molecule has 0 amide bonds. The summed E-state index contributed by atoms with van der Waals surface area (Å²) in [4.78, 5) is 0. The summed E-state index contributed by atoms with van der Waals surface area (Å²) in [6.45, 7) is 16.6. The average molecular weight is 510 g/mol. The molecule has 1 atom stereocenters. The molecule has 1 unspecified atom stereocenters. The van der Waals surface area contributed by atoms with Crippen molar-refractivity contribution >= 4 is 12.0 Å². The molecule has 3 rings (SSSR count). The predicted molar refractivity (Wildman–Crippen MR) is 114 cm³/mol. The molecule has 2 aromatic rings. The summed E-state index contributed by atoms with van der Waals surface area (Å²) in [5.41, 5.74) is 9.24. The Labute approximate surface area is 196 Å². The average Bonchev–Trinajstić information content (AvgIpc) is 2.92. The maximum Gasteiger partial charge on any atom is -1.00 e. The smallest absolute Gasteiger partial charge is 1.00 e. The Balaban J connectivity index is 0.00000196. The van der Waals surface area contributed by atoms with Crippen molar-refractivity contribution in [2.75, 3.05) is 0 Å². The molecule has 0 spiro atoms. The first kappa shape index (κ1) is 25.9. The summed E-state index contributed by atoms with van der Waals surface area (Å²) in [6.07, 6.45) is 2.54. The normalized spacial score (nSPS) is 15.5. The first-order chi connectivity index (χ1) is 12.2. The van der Waals surface area contributed by atoms with Gasteiger partial charge in [0.2, 0.25) is 0 Å². The van der Waals surface area contributed by atoms with E-state index in [4.69, 9.17) is 0 Å². The van der Waals surface area contributed by atoms with Gasteiger partial charge in [0, 0.05) is 0 Å². The molecule has 4 heteroatoms. The minimum Gasteiger partial charge on any atom is -1.00 e. The summed E-state index contributed by atoms with van der Waals surface area (Å²) in [7, 11) is 0. The van der Waals surface area contributed by atoms with E-state index in [1.807, 2.05) is 0 Å². The monoisotopic (exact) mass is 507 g/mol. The van der Waals surface area contributed by atoms with Crippen molar-refractivity contribution in [2.24, 2.45) is 5.92 Å². The third-order valence-electron chi connectivity index (χ3n) is 5.26. The van der Waals surface area contributed by atoms with Crippen molar-refractivity contribution in [3.8, 4) is 11.1 Å². The minimum absolute atomic E-state index is 0. The van der Waals surface area contributed by atoms with Crippen LogP contribution in [0.5, 0.6) is 0 Å². The second kappa shape index (κ2) is 10.3. The first-order valence-corrected chi connectivity index (χ1v) is 17.3. The van der Waals surface area contributed by atoms with Crippen molar-refractivity contribution in [2.45, 2.75) is 56.8 Å². The van der Waals surface area contributed by atoms with Gasteiger partial charge in [0.05, 0.1) is 0 Å². The van der Waals surface area contributed by atoms with Gasteiger partial charge in [-0.15, -0.1) is 0 Å². The van der Waals surface area contributed by atoms with Crippen molar-refractivity contribution in [3.63, 3.8) is 0 Å². The Kier molecular flexibility index (Phi) is 9.48. The second-order valence-corrected chi connectivity index (χ2v) is 22.2. The van der Waals surface area contributed by atoms with Crippen LogP contribution in [0.15, 0.2) is 48.0 Å². The van der Waals surface area contributed by atoms with E-state index in [0.29, 0.717) is 5.92 Å². The van der Waals surface area contributed by atoms with Gasteiger partial charge in [-0.25, -0.2) is 0 Å². The molecule has 0 aliphatic heterocycles. The van der Waals surface area contributed by atoms with Crippen LogP contribution in [-0.2, 0) is 27.8 Å². The van der Waals surface area contributed by atoms with E-state index in [1.54, 1.807) is 11.1 Å². The summed E-state index contributed by atoms with van der Waals surface area (Å²) >= 11 is -0.378. The van der Waals surface area contributed by atoms with Gasteiger partial charge in [0.1, 0.15) is 0 Å². The summed E-state index contributed by atoms with van der Waals surface area (Å²) in [6, 6.07) is 16.3. The second-order valence-electron chi connectivity index (χ2n) is 9.01. The Morgan fingerprint density at radius 3 is 2.04 bits per heavy atom. The summed E-state index contributed by atoms with van der Waals surface area (Å²) < 4.78 is 0.797. The number of hydrogen-bond donors (Lipinski definition) is 0. The van der Waals surface area contributed by atoms with Crippen LogP contribution in [0.2, 0.25) is 13.1 Å². The molecular formula is C24H31Cl2SiZr. The van der Waals surface area contributed by atoms with Gasteiger partial charge in [-0.3, -0.25) is 0 Å². The summed E-state index contributed by atoms with van der Waals surface area (Å²) in [5.74, 6) is 0.564. The van der Waals surface area contributed by atoms with Crippen LogP contribution >= 0.6 is 0 Å². The van der Waals surface area contributed by atoms with Crippen LogP contribution in [0.1, 0.15) is 54.9 Å². The van der Waals surface area contributed by atoms with E-state index >= 15 is 0 Å². The van der Waals surface area contributed by atoms with Gasteiger partial charge in [-0.05, 0) is 0 Å². The third kappa shape index (κ3) is 5.51. The van der Waals surface area contributed by atoms with E-state index in [1.165, 1.54) is 22.3 Å². The van der Waals surface area contributed by atoms with E-state index < -0.39 is 0 Å². The maximum absolute atomic E-state index is 2.54. The molecule has 1 aliphatic carbocycles. The van der Waals surface area contributed by atoms with Crippen LogP contribution in [0.25, 0.3) is 17.2 Å². The van der Waals surface area contributed by atoms with Gasteiger partial charge in [-0.1, -0.05) is 0 Å². The fraction of sp³-hybridized carbons (Fsp3) is 0.417. The molecule has 28 heavy (non-hydrogen) atoms. The van der Waals surface area contributed by atoms with E-state index in [2.05, 4.69) is 96.3 Å². The quantitative estimate of drug-likeness (QED) is 0.542. The molecule has 2 aromatic carbocycles. The van der Waals surface area contributed by atoms with Crippen LogP contribution in [0.3, 0.4) is 0 Å². The van der Waals surface area contributed by atoms with Crippen LogP contribution in [0.4, 0.5) is 0 Å². The Hall–Kier alpha value is -0.140. The molecule has 0 nitrogen and oxygen atoms in total. The molecule has 0 heterocycles. The fourth-order valence-corrected chi connectivity index (χ4v) is 13.0. The topological polar surface area (TPSA) is 0 Å². The van der Waals surface area contributed by atoms with E-state index in [9.17, 15) is 0 Å². The molecule has 0 saturated heterocycles. The molecule has 0 fully saturated rings. The van der Waals surface area contributed by atoms with E-state index in [-0.39, 0.29) is 58.5 Å². The number of rotatable bonds is 4. The molecule has 0 aromatic heterocycles. The molecule has 0 bridgehead atoms. The standard InChI is InChI=1S/C22H25.C2H6Si.2ClH.Zr/c1-15(2)18-13-17-7-6-8-20(21(17)14-18)16-9-11-19(12-10-16)22(3,4)5;1-3-2;;;/h6-15H,1-5H3;1-2H3;2*1H;/q;;;;+2/p-2. The zero-order chi connectivity index (χ0) is 19.1. The zero-order valence-corrected chi connectivity index (χ0v) is 23.0. The predicted octanol–water partition coefficient (Wildman–Crippen LogP) is 1.09. The maximum atomic E-state index is 2.54. The van der Waals surface area contributed by atoms with Gasteiger partial charge in [0.15, 0.2) is 0 Å². The fourth-order valence-electron chi connectivity index (χ4n) is 3.78. The number of fused-ring (bicyclic) bond motifs is 1. The number of halogens is 2. The Morgan fingerprint density at radius 1 is 0.929 bits per heavy atom. The number of hydrogen-bond acceptors (Lipinski definition) is 0. The first-order valence-electron chi connectivity index (χ1n) is 9.70. The number of benzene rings is 2. The molecule has 0 saturated carbocycles. The Bertz CT molecular complexity index is 817. The van der Waals surface area contributed by atoms with Crippen molar-refractivity contribution < 1.29 is 47.2 Å². The number of allylic oxidation sites excluding steroid dienone is 1. The van der Waals surface area contributed by atoms with Crippen molar-refractivity contribution in [1.82, 2.24) is 0 Å². The van der Waals surface area contributed by atoms with Gasteiger partial charge >= 0.3 is 173 Å². The van der Waals surface area contributed by atoms with Gasteiger partial charge in [-0.2, -0.15) is 0 Å². The third-order valence-corrected chi connectivity index (χ3v) is 14.1. The molecule has 0 N–H and O–H groups in total. The van der Waals surface area contributed by atoms with E-state index in [0.717, 1.165) is 3.63 Å². The van der Waals surface area contributed by atoms with Crippen molar-refractivity contribution in [3.05, 3.63) is 64.7 Å². The largest absolute Gasteiger partial charge is 1.00 e. The van der Waals surface area contributed by atoms with Gasteiger partial charge in [0.25, 0.3) is 0 Å².